The number of sulfonamides is 1. The molecule has 0 atom stereocenters. The third-order valence-electron chi connectivity index (χ3n) is 3.47. The lowest BCUT2D eigenvalue weighted by molar-refractivity contribution is 0.0697. The van der Waals surface area contributed by atoms with Crippen LogP contribution in [0.4, 0.5) is 4.39 Å². The Balaban J connectivity index is 2.05. The summed E-state index contributed by atoms with van der Waals surface area (Å²) in [7, 11) is -3.24. The van der Waals surface area contributed by atoms with E-state index in [-0.39, 0.29) is 30.3 Å². The molecule has 1 aliphatic heterocycles. The van der Waals surface area contributed by atoms with E-state index in [9.17, 15) is 17.6 Å². The van der Waals surface area contributed by atoms with Gasteiger partial charge in [-0.25, -0.2) is 12.8 Å². The van der Waals surface area contributed by atoms with Gasteiger partial charge < -0.3 is 9.64 Å². The van der Waals surface area contributed by atoms with Gasteiger partial charge in [0, 0.05) is 31.7 Å². The number of benzene rings is 1. The first-order valence-electron chi connectivity index (χ1n) is 6.99. The molecule has 1 fully saturated rings. The summed E-state index contributed by atoms with van der Waals surface area (Å²) in [5, 5.41) is 0. The summed E-state index contributed by atoms with van der Waals surface area (Å²) in [6.45, 7) is 3.19. The minimum absolute atomic E-state index is 0.112. The van der Waals surface area contributed by atoms with E-state index >= 15 is 0 Å². The second kappa shape index (κ2) is 6.62. The number of hydrogen-bond acceptors (Lipinski definition) is 4. The van der Waals surface area contributed by atoms with Gasteiger partial charge >= 0.3 is 0 Å². The zero-order chi connectivity index (χ0) is 16.3. The Hall–Kier alpha value is -1.67. The molecule has 2 rings (SSSR count). The number of rotatable bonds is 4. The lowest BCUT2D eigenvalue weighted by Crippen LogP contribution is -2.50. The second-order valence-corrected chi connectivity index (χ2v) is 7.01. The summed E-state index contributed by atoms with van der Waals surface area (Å²) < 4.78 is 43.1. The maximum absolute atomic E-state index is 13.8. The van der Waals surface area contributed by atoms with Gasteiger partial charge in [-0.1, -0.05) is 0 Å². The van der Waals surface area contributed by atoms with Crippen molar-refractivity contribution in [2.24, 2.45) is 0 Å². The van der Waals surface area contributed by atoms with Crippen molar-refractivity contribution in [2.75, 3.05) is 39.0 Å². The molecule has 0 unspecified atom stereocenters. The van der Waals surface area contributed by atoms with Gasteiger partial charge in [0.2, 0.25) is 10.0 Å². The third kappa shape index (κ3) is 3.75. The Bertz CT molecular complexity index is 655. The molecular weight excluding hydrogens is 311 g/mol. The first-order chi connectivity index (χ1) is 10.3. The van der Waals surface area contributed by atoms with Crippen LogP contribution in [-0.4, -0.2) is 62.6 Å². The van der Waals surface area contributed by atoms with Crippen molar-refractivity contribution < 1.29 is 22.3 Å². The molecular formula is C14H19FN2O4S. The Kier molecular flexibility index (Phi) is 5.02. The molecule has 1 amide bonds. The van der Waals surface area contributed by atoms with E-state index in [4.69, 9.17) is 4.74 Å². The van der Waals surface area contributed by atoms with Crippen LogP contribution in [0.1, 0.15) is 17.3 Å². The van der Waals surface area contributed by atoms with Gasteiger partial charge in [0.25, 0.3) is 5.91 Å². The number of piperazine rings is 1. The van der Waals surface area contributed by atoms with Crippen LogP contribution in [0, 0.1) is 5.82 Å². The van der Waals surface area contributed by atoms with Crippen molar-refractivity contribution in [3.63, 3.8) is 0 Å². The van der Waals surface area contributed by atoms with Gasteiger partial charge in [0.1, 0.15) is 0 Å². The molecule has 1 heterocycles. The minimum Gasteiger partial charge on any atom is -0.491 e. The van der Waals surface area contributed by atoms with Crippen LogP contribution in [0.25, 0.3) is 0 Å². The molecule has 1 aliphatic rings. The van der Waals surface area contributed by atoms with Crippen LogP contribution in [0.15, 0.2) is 18.2 Å². The lowest BCUT2D eigenvalue weighted by Gasteiger charge is -2.33. The highest BCUT2D eigenvalue weighted by Gasteiger charge is 2.26. The molecule has 22 heavy (non-hydrogen) atoms. The molecule has 8 heteroatoms. The quantitative estimate of drug-likeness (QED) is 0.824. The normalized spacial score (nSPS) is 16.6. The minimum atomic E-state index is -3.24. The predicted molar refractivity (Wildman–Crippen MR) is 79.9 cm³/mol. The molecule has 0 radical (unpaired) electrons. The molecule has 1 saturated heterocycles. The van der Waals surface area contributed by atoms with Crippen molar-refractivity contribution >= 4 is 15.9 Å². The Morgan fingerprint density at radius 2 is 1.91 bits per heavy atom. The maximum atomic E-state index is 13.8. The van der Waals surface area contributed by atoms with Crippen LogP contribution in [0.2, 0.25) is 0 Å². The molecule has 122 valence electrons. The summed E-state index contributed by atoms with van der Waals surface area (Å²) in [5.74, 6) is -0.779. The van der Waals surface area contributed by atoms with E-state index < -0.39 is 15.8 Å². The molecule has 1 aromatic carbocycles. The van der Waals surface area contributed by atoms with Crippen LogP contribution in [-0.2, 0) is 10.0 Å². The van der Waals surface area contributed by atoms with Gasteiger partial charge in [0.05, 0.1) is 12.9 Å². The van der Waals surface area contributed by atoms with Gasteiger partial charge in [-0.15, -0.1) is 0 Å². The summed E-state index contributed by atoms with van der Waals surface area (Å²) in [4.78, 5) is 13.9. The molecule has 6 nitrogen and oxygen atoms in total. The average Bonchev–Trinajstić information content (AvgIpc) is 2.48. The summed E-state index contributed by atoms with van der Waals surface area (Å²) in [5.41, 5.74) is 0.230. The average molecular weight is 330 g/mol. The van der Waals surface area contributed by atoms with Crippen molar-refractivity contribution in [3.8, 4) is 5.75 Å². The molecule has 1 aromatic rings. The molecule has 0 aliphatic carbocycles. The number of carbonyl (C=O) groups excluding carboxylic acids is 1. The van der Waals surface area contributed by atoms with Crippen LogP contribution in [0.3, 0.4) is 0 Å². The van der Waals surface area contributed by atoms with E-state index in [1.54, 1.807) is 6.92 Å². The summed E-state index contributed by atoms with van der Waals surface area (Å²) >= 11 is 0. The third-order valence-corrected chi connectivity index (χ3v) is 4.78. The largest absolute Gasteiger partial charge is 0.491 e. The molecule has 0 saturated carbocycles. The van der Waals surface area contributed by atoms with E-state index in [0.717, 1.165) is 12.3 Å². The van der Waals surface area contributed by atoms with Gasteiger partial charge in [-0.2, -0.15) is 4.31 Å². The van der Waals surface area contributed by atoms with Crippen molar-refractivity contribution in [2.45, 2.75) is 6.92 Å². The van der Waals surface area contributed by atoms with Crippen molar-refractivity contribution in [1.29, 1.82) is 0 Å². The number of hydrogen-bond donors (Lipinski definition) is 0. The Morgan fingerprint density at radius 1 is 1.27 bits per heavy atom. The number of nitrogens with zero attached hydrogens (tertiary/aromatic N) is 2. The fourth-order valence-electron chi connectivity index (χ4n) is 2.31. The van der Waals surface area contributed by atoms with E-state index in [2.05, 4.69) is 0 Å². The maximum Gasteiger partial charge on any atom is 0.254 e. The summed E-state index contributed by atoms with van der Waals surface area (Å²) in [6, 6.07) is 4.09. The number of carbonyl (C=O) groups is 1. The zero-order valence-corrected chi connectivity index (χ0v) is 13.4. The van der Waals surface area contributed by atoms with E-state index in [1.165, 1.54) is 21.3 Å². The fourth-order valence-corrected chi connectivity index (χ4v) is 3.14. The topological polar surface area (TPSA) is 66.9 Å². The monoisotopic (exact) mass is 330 g/mol. The molecule has 0 aromatic heterocycles. The fraction of sp³-hybridized carbons (Fsp3) is 0.500. The smallest absolute Gasteiger partial charge is 0.254 e. The zero-order valence-electron chi connectivity index (χ0n) is 12.6. The Morgan fingerprint density at radius 3 is 2.41 bits per heavy atom. The second-order valence-electron chi connectivity index (χ2n) is 5.03. The first kappa shape index (κ1) is 16.7. The van der Waals surface area contributed by atoms with Crippen molar-refractivity contribution in [1.82, 2.24) is 9.21 Å². The van der Waals surface area contributed by atoms with Crippen molar-refractivity contribution in [3.05, 3.63) is 29.6 Å². The number of amides is 1. The van der Waals surface area contributed by atoms with E-state index in [1.807, 2.05) is 0 Å². The lowest BCUT2D eigenvalue weighted by atomic mass is 10.1. The summed E-state index contributed by atoms with van der Waals surface area (Å²) in [6.07, 6.45) is 1.15. The van der Waals surface area contributed by atoms with Gasteiger partial charge in [0.15, 0.2) is 11.6 Å². The Labute approximate surface area is 129 Å². The highest BCUT2D eigenvalue weighted by molar-refractivity contribution is 7.88. The van der Waals surface area contributed by atoms with Crippen LogP contribution in [0.5, 0.6) is 5.75 Å². The number of ether oxygens (including phenoxy) is 1. The van der Waals surface area contributed by atoms with Gasteiger partial charge in [-0.3, -0.25) is 4.79 Å². The van der Waals surface area contributed by atoms with Crippen LogP contribution < -0.4 is 4.74 Å². The standard InChI is InChI=1S/C14H19FN2O4S/c1-3-21-13-5-4-11(10-12(13)15)14(18)16-6-8-17(9-7-16)22(2,19)20/h4-5,10H,3,6-9H2,1-2H3. The predicted octanol–water partition coefficient (Wildman–Crippen LogP) is 0.942. The first-order valence-corrected chi connectivity index (χ1v) is 8.84. The SMILES string of the molecule is CCOc1ccc(C(=O)N2CCN(S(C)(=O)=O)CC2)cc1F. The number of halogens is 1. The highest BCUT2D eigenvalue weighted by Crippen LogP contribution is 2.20. The highest BCUT2D eigenvalue weighted by atomic mass is 32.2. The van der Waals surface area contributed by atoms with E-state index in [0.29, 0.717) is 19.7 Å². The van der Waals surface area contributed by atoms with Gasteiger partial charge in [-0.05, 0) is 25.1 Å². The van der Waals surface area contributed by atoms with Crippen LogP contribution >= 0.6 is 0 Å². The molecule has 0 bridgehead atoms. The molecule has 0 N–H and O–H groups in total. The molecule has 0 spiro atoms.